The highest BCUT2D eigenvalue weighted by Crippen LogP contribution is 2.44. The maximum atomic E-state index is 5.38. The first-order valence-electron chi connectivity index (χ1n) is 19.8. The summed E-state index contributed by atoms with van der Waals surface area (Å²) in [5.41, 5.74) is 13.0. The molecular formula is C54H34N4. The molecule has 9 aromatic carbocycles. The molecule has 0 fully saturated rings. The summed E-state index contributed by atoms with van der Waals surface area (Å²) in [6, 6.07) is 73.8. The second-order valence-corrected chi connectivity index (χ2v) is 15.0. The number of fused-ring (bicyclic) bond motifs is 9. The van der Waals surface area contributed by atoms with Crippen molar-refractivity contribution >= 4 is 65.3 Å². The predicted molar refractivity (Wildman–Crippen MR) is 242 cm³/mol. The van der Waals surface area contributed by atoms with Crippen molar-refractivity contribution in [2.24, 2.45) is 0 Å². The SMILES string of the molecule is c1ccc(-c2ccc(-c3nc(-c4ccc5ccccc5c4)c4ccccc4n3)cc2-n2c3ccccc3c3c4c5ccccc5n(-c5ccccc5)c4ccc32)cc1. The molecule has 4 heteroatoms. The lowest BCUT2D eigenvalue weighted by molar-refractivity contribution is 1.17. The third kappa shape index (κ3) is 4.95. The Balaban J connectivity index is 1.15. The van der Waals surface area contributed by atoms with E-state index in [4.69, 9.17) is 9.97 Å². The van der Waals surface area contributed by atoms with Crippen LogP contribution < -0.4 is 0 Å². The molecule has 0 saturated heterocycles. The second-order valence-electron chi connectivity index (χ2n) is 15.0. The van der Waals surface area contributed by atoms with Gasteiger partial charge in [-0.2, -0.15) is 0 Å². The zero-order valence-electron chi connectivity index (χ0n) is 31.4. The van der Waals surface area contributed by atoms with Gasteiger partial charge < -0.3 is 9.13 Å². The summed E-state index contributed by atoms with van der Waals surface area (Å²) in [6.07, 6.45) is 0. The van der Waals surface area contributed by atoms with Crippen LogP contribution in [0, 0.1) is 0 Å². The first-order chi connectivity index (χ1) is 28.8. The fourth-order valence-corrected chi connectivity index (χ4v) is 9.11. The van der Waals surface area contributed by atoms with Gasteiger partial charge in [-0.3, -0.25) is 0 Å². The Morgan fingerprint density at radius 2 is 0.931 bits per heavy atom. The summed E-state index contributed by atoms with van der Waals surface area (Å²) in [4.78, 5) is 10.6. The number of hydrogen-bond donors (Lipinski definition) is 0. The quantitative estimate of drug-likeness (QED) is 0.176. The van der Waals surface area contributed by atoms with Gasteiger partial charge in [0.1, 0.15) is 0 Å². The Morgan fingerprint density at radius 1 is 0.345 bits per heavy atom. The maximum absolute atomic E-state index is 5.38. The molecule has 12 aromatic rings. The van der Waals surface area contributed by atoms with Gasteiger partial charge in [0.2, 0.25) is 0 Å². The third-order valence-corrected chi connectivity index (χ3v) is 11.7. The maximum Gasteiger partial charge on any atom is 0.160 e. The van der Waals surface area contributed by atoms with Gasteiger partial charge >= 0.3 is 0 Å². The molecule has 0 atom stereocenters. The zero-order chi connectivity index (χ0) is 38.2. The largest absolute Gasteiger partial charge is 0.309 e. The number of benzene rings is 9. The van der Waals surface area contributed by atoms with Crippen molar-refractivity contribution in [2.75, 3.05) is 0 Å². The molecule has 0 amide bonds. The van der Waals surface area contributed by atoms with Gasteiger partial charge in [-0.1, -0.05) is 152 Å². The molecule has 0 aliphatic rings. The highest BCUT2D eigenvalue weighted by Gasteiger charge is 2.23. The van der Waals surface area contributed by atoms with Crippen LogP contribution in [0.1, 0.15) is 0 Å². The Bertz CT molecular complexity index is 3560. The number of nitrogens with zero attached hydrogens (tertiary/aromatic N) is 4. The molecule has 0 radical (unpaired) electrons. The summed E-state index contributed by atoms with van der Waals surface area (Å²) >= 11 is 0. The molecule has 3 heterocycles. The molecule has 0 aliphatic carbocycles. The fourth-order valence-electron chi connectivity index (χ4n) is 9.11. The molecule has 58 heavy (non-hydrogen) atoms. The van der Waals surface area contributed by atoms with Crippen LogP contribution in [-0.4, -0.2) is 19.1 Å². The highest BCUT2D eigenvalue weighted by atomic mass is 15.0. The van der Waals surface area contributed by atoms with Gasteiger partial charge in [0.15, 0.2) is 5.82 Å². The van der Waals surface area contributed by atoms with Crippen LogP contribution in [-0.2, 0) is 0 Å². The van der Waals surface area contributed by atoms with Gasteiger partial charge in [0.25, 0.3) is 0 Å². The van der Waals surface area contributed by atoms with Gasteiger partial charge in [-0.25, -0.2) is 9.97 Å². The monoisotopic (exact) mass is 738 g/mol. The van der Waals surface area contributed by atoms with E-state index >= 15 is 0 Å². The molecule has 0 N–H and O–H groups in total. The average molecular weight is 739 g/mol. The number of para-hydroxylation sites is 4. The molecule has 0 bridgehead atoms. The van der Waals surface area contributed by atoms with Crippen molar-refractivity contribution in [3.05, 3.63) is 206 Å². The normalized spacial score (nSPS) is 11.8. The van der Waals surface area contributed by atoms with Gasteiger partial charge in [-0.05, 0) is 70.9 Å². The van der Waals surface area contributed by atoms with E-state index in [0.717, 1.165) is 61.3 Å². The van der Waals surface area contributed by atoms with Gasteiger partial charge in [-0.15, -0.1) is 0 Å². The summed E-state index contributed by atoms with van der Waals surface area (Å²) in [5.74, 6) is 0.691. The van der Waals surface area contributed by atoms with Crippen molar-refractivity contribution in [1.29, 1.82) is 0 Å². The van der Waals surface area contributed by atoms with Crippen molar-refractivity contribution in [3.8, 4) is 45.1 Å². The number of rotatable bonds is 5. The van der Waals surface area contributed by atoms with Crippen molar-refractivity contribution in [1.82, 2.24) is 19.1 Å². The van der Waals surface area contributed by atoms with Crippen LogP contribution in [0.3, 0.4) is 0 Å². The van der Waals surface area contributed by atoms with Crippen LogP contribution in [0.5, 0.6) is 0 Å². The predicted octanol–water partition coefficient (Wildman–Crippen LogP) is 14.0. The average Bonchev–Trinajstić information content (AvgIpc) is 3.82. The van der Waals surface area contributed by atoms with Gasteiger partial charge in [0.05, 0.1) is 39.0 Å². The first kappa shape index (κ1) is 32.4. The molecular weight excluding hydrogens is 705 g/mol. The third-order valence-electron chi connectivity index (χ3n) is 11.7. The topological polar surface area (TPSA) is 35.6 Å². The minimum atomic E-state index is 0.691. The molecule has 0 spiro atoms. The molecule has 3 aromatic heterocycles. The van der Waals surface area contributed by atoms with Gasteiger partial charge in [0, 0.05) is 49.3 Å². The minimum Gasteiger partial charge on any atom is -0.309 e. The lowest BCUT2D eigenvalue weighted by Gasteiger charge is -2.17. The van der Waals surface area contributed by atoms with E-state index in [2.05, 4.69) is 215 Å². The van der Waals surface area contributed by atoms with Crippen LogP contribution in [0.2, 0.25) is 0 Å². The van der Waals surface area contributed by atoms with E-state index < -0.39 is 0 Å². The van der Waals surface area contributed by atoms with Crippen LogP contribution in [0.4, 0.5) is 0 Å². The number of aromatic nitrogens is 4. The zero-order valence-corrected chi connectivity index (χ0v) is 31.4. The fraction of sp³-hybridized carbons (Fsp3) is 0. The Labute approximate surface area is 334 Å². The minimum absolute atomic E-state index is 0.691. The Morgan fingerprint density at radius 3 is 1.69 bits per heavy atom. The summed E-state index contributed by atoms with van der Waals surface area (Å²) in [7, 11) is 0. The first-order valence-corrected chi connectivity index (χ1v) is 19.8. The lowest BCUT2D eigenvalue weighted by atomic mass is 9.99. The van der Waals surface area contributed by atoms with Crippen LogP contribution >= 0.6 is 0 Å². The molecule has 0 aliphatic heterocycles. The lowest BCUT2D eigenvalue weighted by Crippen LogP contribution is -2.00. The summed E-state index contributed by atoms with van der Waals surface area (Å²) in [6.45, 7) is 0. The van der Waals surface area contributed by atoms with E-state index in [1.807, 2.05) is 0 Å². The van der Waals surface area contributed by atoms with Crippen LogP contribution in [0.25, 0.3) is 110 Å². The Kier molecular flexibility index (Phi) is 7.20. The summed E-state index contributed by atoms with van der Waals surface area (Å²) < 4.78 is 4.85. The summed E-state index contributed by atoms with van der Waals surface area (Å²) in [5, 5.41) is 8.36. The van der Waals surface area contributed by atoms with E-state index in [1.54, 1.807) is 0 Å². The highest BCUT2D eigenvalue weighted by molar-refractivity contribution is 6.29. The molecule has 270 valence electrons. The van der Waals surface area contributed by atoms with Crippen molar-refractivity contribution in [3.63, 3.8) is 0 Å². The van der Waals surface area contributed by atoms with E-state index in [9.17, 15) is 0 Å². The molecule has 0 saturated carbocycles. The van der Waals surface area contributed by atoms with E-state index in [-0.39, 0.29) is 0 Å². The van der Waals surface area contributed by atoms with Crippen molar-refractivity contribution < 1.29 is 0 Å². The molecule has 12 rings (SSSR count). The van der Waals surface area contributed by atoms with Crippen LogP contribution in [0.15, 0.2) is 206 Å². The number of hydrogen-bond acceptors (Lipinski definition) is 2. The van der Waals surface area contributed by atoms with E-state index in [0.29, 0.717) is 5.82 Å². The molecule has 4 nitrogen and oxygen atoms in total. The van der Waals surface area contributed by atoms with Crippen molar-refractivity contribution in [2.45, 2.75) is 0 Å². The standard InChI is InChI=1S/C54H34N4/c1-3-16-36(17-4-1)41-30-29-39(54-55-45-24-12-9-21-42(45)53(56-54)38-28-27-35-15-7-8-18-37(35)33-38)34-50(41)58-47-26-14-11-23-44(47)52-49(58)32-31-48-51(52)43-22-10-13-25-46(43)57(48)40-19-5-2-6-20-40/h1-34H. The Hall–Kier alpha value is -7.82. The van der Waals surface area contributed by atoms with E-state index in [1.165, 1.54) is 43.4 Å². The molecule has 0 unspecified atom stereocenters. The second kappa shape index (κ2) is 12.9. The smallest absolute Gasteiger partial charge is 0.160 e.